The summed E-state index contributed by atoms with van der Waals surface area (Å²) >= 11 is 0. The van der Waals surface area contributed by atoms with Crippen LogP contribution in [0.2, 0.25) is 0 Å². The molecule has 0 aromatic carbocycles. The van der Waals surface area contributed by atoms with E-state index < -0.39 is 0 Å². The standard InChI is InChI=1S/C17H17N5O/c23-17(14-7-1-3-9-18-14)21-10-5-6-13(12-21)16-20-19-15-8-2-4-11-22(15)16/h1-4,7-9,11,13H,5-6,10,12H2. The number of rotatable bonds is 2. The van der Waals surface area contributed by atoms with E-state index in [4.69, 9.17) is 0 Å². The Morgan fingerprint density at radius 1 is 1.13 bits per heavy atom. The van der Waals surface area contributed by atoms with Gasteiger partial charge in [0.2, 0.25) is 0 Å². The van der Waals surface area contributed by atoms with E-state index in [0.29, 0.717) is 12.2 Å². The van der Waals surface area contributed by atoms with Crippen molar-refractivity contribution in [3.05, 3.63) is 60.3 Å². The Bertz CT molecular complexity index is 829. The molecule has 6 heteroatoms. The van der Waals surface area contributed by atoms with Gasteiger partial charge in [0.1, 0.15) is 11.5 Å². The highest BCUT2D eigenvalue weighted by atomic mass is 16.2. The molecule has 4 rings (SSSR count). The van der Waals surface area contributed by atoms with E-state index in [1.54, 1.807) is 12.3 Å². The molecule has 1 aliphatic heterocycles. The molecule has 0 radical (unpaired) electrons. The second-order valence-electron chi connectivity index (χ2n) is 5.79. The van der Waals surface area contributed by atoms with Gasteiger partial charge in [0.15, 0.2) is 5.65 Å². The molecule has 0 N–H and O–H groups in total. The maximum absolute atomic E-state index is 12.6. The number of hydrogen-bond donors (Lipinski definition) is 0. The first-order valence-electron chi connectivity index (χ1n) is 7.83. The molecule has 0 aliphatic carbocycles. The van der Waals surface area contributed by atoms with Gasteiger partial charge < -0.3 is 4.90 Å². The van der Waals surface area contributed by atoms with Gasteiger partial charge >= 0.3 is 0 Å². The first-order valence-corrected chi connectivity index (χ1v) is 7.83. The Morgan fingerprint density at radius 2 is 2.04 bits per heavy atom. The number of fused-ring (bicyclic) bond motifs is 1. The number of piperidine rings is 1. The van der Waals surface area contributed by atoms with Crippen molar-refractivity contribution in [3.8, 4) is 0 Å². The third-order valence-corrected chi connectivity index (χ3v) is 4.30. The number of amides is 1. The first kappa shape index (κ1) is 13.9. The SMILES string of the molecule is O=C(c1ccccn1)N1CCCC(c2nnc3ccccn23)C1. The fraction of sp³-hybridized carbons (Fsp3) is 0.294. The number of likely N-dealkylation sites (tertiary alicyclic amines) is 1. The largest absolute Gasteiger partial charge is 0.337 e. The van der Waals surface area contributed by atoms with Gasteiger partial charge in [-0.2, -0.15) is 0 Å². The maximum Gasteiger partial charge on any atom is 0.272 e. The highest BCUT2D eigenvalue weighted by Crippen LogP contribution is 2.26. The lowest BCUT2D eigenvalue weighted by Gasteiger charge is -2.31. The van der Waals surface area contributed by atoms with Crippen LogP contribution in [0.15, 0.2) is 48.8 Å². The van der Waals surface area contributed by atoms with Crippen LogP contribution in [-0.2, 0) is 0 Å². The minimum Gasteiger partial charge on any atom is -0.337 e. The van der Waals surface area contributed by atoms with Crippen LogP contribution in [0.3, 0.4) is 0 Å². The summed E-state index contributed by atoms with van der Waals surface area (Å²) in [5.74, 6) is 1.12. The van der Waals surface area contributed by atoms with Crippen LogP contribution >= 0.6 is 0 Å². The second-order valence-corrected chi connectivity index (χ2v) is 5.79. The molecule has 1 amide bonds. The van der Waals surface area contributed by atoms with Crippen LogP contribution < -0.4 is 0 Å². The Hall–Kier alpha value is -2.76. The molecule has 1 aliphatic rings. The molecular formula is C17H17N5O. The predicted octanol–water partition coefficient (Wildman–Crippen LogP) is 2.14. The average Bonchev–Trinajstić information content (AvgIpc) is 3.06. The minimum atomic E-state index is -0.0101. The van der Waals surface area contributed by atoms with Gasteiger partial charge in [-0.05, 0) is 37.1 Å². The minimum absolute atomic E-state index is 0.0101. The van der Waals surface area contributed by atoms with Crippen LogP contribution in [0.1, 0.15) is 35.1 Å². The van der Waals surface area contributed by atoms with Crippen molar-refractivity contribution in [2.45, 2.75) is 18.8 Å². The number of pyridine rings is 2. The van der Waals surface area contributed by atoms with E-state index in [1.807, 2.05) is 45.8 Å². The molecule has 0 saturated carbocycles. The van der Waals surface area contributed by atoms with Gasteiger partial charge in [-0.15, -0.1) is 10.2 Å². The second kappa shape index (κ2) is 5.79. The molecule has 3 aromatic rings. The molecule has 116 valence electrons. The number of carbonyl (C=O) groups is 1. The lowest BCUT2D eigenvalue weighted by atomic mass is 9.97. The quantitative estimate of drug-likeness (QED) is 0.727. The fourth-order valence-corrected chi connectivity index (χ4v) is 3.16. The Morgan fingerprint density at radius 3 is 2.91 bits per heavy atom. The van der Waals surface area contributed by atoms with Crippen LogP contribution in [0, 0.1) is 0 Å². The molecule has 4 heterocycles. The van der Waals surface area contributed by atoms with Gasteiger partial charge in [-0.25, -0.2) is 0 Å². The van der Waals surface area contributed by atoms with E-state index in [1.165, 1.54) is 0 Å². The molecule has 0 bridgehead atoms. The van der Waals surface area contributed by atoms with Crippen molar-refractivity contribution in [1.29, 1.82) is 0 Å². The molecule has 3 aromatic heterocycles. The highest BCUT2D eigenvalue weighted by Gasteiger charge is 2.28. The summed E-state index contributed by atoms with van der Waals surface area (Å²) < 4.78 is 2.01. The zero-order valence-corrected chi connectivity index (χ0v) is 12.7. The van der Waals surface area contributed by atoms with Crippen molar-refractivity contribution < 1.29 is 4.79 Å². The van der Waals surface area contributed by atoms with E-state index >= 15 is 0 Å². The molecule has 1 unspecified atom stereocenters. The molecule has 1 fully saturated rings. The van der Waals surface area contributed by atoms with Crippen molar-refractivity contribution in [2.75, 3.05) is 13.1 Å². The topological polar surface area (TPSA) is 63.4 Å². The Labute approximate surface area is 133 Å². The van der Waals surface area contributed by atoms with Gasteiger partial charge in [0.25, 0.3) is 5.91 Å². The molecular weight excluding hydrogens is 290 g/mol. The van der Waals surface area contributed by atoms with Gasteiger partial charge in [-0.3, -0.25) is 14.2 Å². The van der Waals surface area contributed by atoms with Gasteiger partial charge in [0, 0.05) is 31.4 Å². The number of nitrogens with zero attached hydrogens (tertiary/aromatic N) is 5. The summed E-state index contributed by atoms with van der Waals surface area (Å²) in [5.41, 5.74) is 1.34. The van der Waals surface area contributed by atoms with Gasteiger partial charge in [0.05, 0.1) is 0 Å². The summed E-state index contributed by atoms with van der Waals surface area (Å²) in [6.07, 6.45) is 5.61. The Kier molecular flexibility index (Phi) is 3.49. The summed E-state index contributed by atoms with van der Waals surface area (Å²) in [5, 5.41) is 8.56. The van der Waals surface area contributed by atoms with E-state index in [2.05, 4.69) is 15.2 Å². The van der Waals surface area contributed by atoms with E-state index in [0.717, 1.165) is 30.9 Å². The maximum atomic E-state index is 12.6. The molecule has 1 saturated heterocycles. The third kappa shape index (κ3) is 2.56. The van der Waals surface area contributed by atoms with Crippen molar-refractivity contribution >= 4 is 11.6 Å². The Balaban J connectivity index is 1.59. The van der Waals surface area contributed by atoms with E-state index in [9.17, 15) is 4.79 Å². The molecule has 1 atom stereocenters. The monoisotopic (exact) mass is 307 g/mol. The average molecular weight is 307 g/mol. The predicted molar refractivity (Wildman–Crippen MR) is 85.1 cm³/mol. The van der Waals surface area contributed by atoms with Crippen LogP contribution in [0.5, 0.6) is 0 Å². The molecule has 6 nitrogen and oxygen atoms in total. The van der Waals surface area contributed by atoms with E-state index in [-0.39, 0.29) is 11.8 Å². The number of carbonyl (C=O) groups excluding carboxylic acids is 1. The third-order valence-electron chi connectivity index (χ3n) is 4.30. The number of hydrogen-bond acceptors (Lipinski definition) is 4. The van der Waals surface area contributed by atoms with Crippen molar-refractivity contribution in [2.24, 2.45) is 0 Å². The number of aromatic nitrogens is 4. The zero-order chi connectivity index (χ0) is 15.6. The summed E-state index contributed by atoms with van der Waals surface area (Å²) in [6, 6.07) is 11.3. The first-order chi connectivity index (χ1) is 11.3. The molecule has 23 heavy (non-hydrogen) atoms. The van der Waals surface area contributed by atoms with Crippen molar-refractivity contribution in [3.63, 3.8) is 0 Å². The summed E-state index contributed by atoms with van der Waals surface area (Å²) in [6.45, 7) is 1.42. The normalized spacial score (nSPS) is 18.3. The van der Waals surface area contributed by atoms with Crippen molar-refractivity contribution in [1.82, 2.24) is 24.5 Å². The van der Waals surface area contributed by atoms with Crippen LogP contribution in [0.4, 0.5) is 0 Å². The van der Waals surface area contributed by atoms with Crippen LogP contribution in [-0.4, -0.2) is 43.5 Å². The van der Waals surface area contributed by atoms with Gasteiger partial charge in [-0.1, -0.05) is 12.1 Å². The lowest BCUT2D eigenvalue weighted by Crippen LogP contribution is -2.39. The highest BCUT2D eigenvalue weighted by molar-refractivity contribution is 5.92. The van der Waals surface area contributed by atoms with Crippen LogP contribution in [0.25, 0.3) is 5.65 Å². The fourth-order valence-electron chi connectivity index (χ4n) is 3.16. The zero-order valence-electron chi connectivity index (χ0n) is 12.7. The summed E-state index contributed by atoms with van der Waals surface area (Å²) in [4.78, 5) is 18.6. The summed E-state index contributed by atoms with van der Waals surface area (Å²) in [7, 11) is 0. The lowest BCUT2D eigenvalue weighted by molar-refractivity contribution is 0.0698. The molecule has 0 spiro atoms. The smallest absolute Gasteiger partial charge is 0.272 e.